The molecule has 0 N–H and O–H groups in total. The largest absolute Gasteiger partial charge is 0.299 e. The van der Waals surface area contributed by atoms with Crippen LogP contribution in [0.15, 0.2) is 18.2 Å². The van der Waals surface area contributed by atoms with Crippen LogP contribution in [-0.2, 0) is 11.2 Å². The normalized spacial score (nSPS) is 16.6. The lowest BCUT2D eigenvalue weighted by molar-refractivity contribution is -0.122. The lowest BCUT2D eigenvalue weighted by Gasteiger charge is -2.08. The third-order valence-corrected chi connectivity index (χ3v) is 3.43. The Morgan fingerprint density at radius 3 is 2.69 bits per heavy atom. The van der Waals surface area contributed by atoms with E-state index in [0.717, 1.165) is 25.7 Å². The molecule has 1 aliphatic rings. The Hall–Kier alpha value is -0.890. The van der Waals surface area contributed by atoms with Gasteiger partial charge in [-0.3, -0.25) is 4.79 Å². The fourth-order valence-corrected chi connectivity index (χ4v) is 2.40. The maximum Gasteiger partial charge on any atom is 0.140 e. The molecule has 0 heterocycles. The molecule has 16 heavy (non-hydrogen) atoms. The summed E-state index contributed by atoms with van der Waals surface area (Å²) >= 11 is 5.66. The van der Waals surface area contributed by atoms with Gasteiger partial charge in [0.1, 0.15) is 11.6 Å². The predicted octanol–water partition coefficient (Wildman–Crippen LogP) is 3.78. The fraction of sp³-hybridized carbons (Fsp3) is 0.462. The van der Waals surface area contributed by atoms with Crippen LogP contribution in [0.25, 0.3) is 0 Å². The summed E-state index contributed by atoms with van der Waals surface area (Å²) in [4.78, 5) is 11.9. The molecule has 0 amide bonds. The number of carbonyl (C=O) groups is 1. The summed E-state index contributed by atoms with van der Waals surface area (Å²) < 4.78 is 13.5. The van der Waals surface area contributed by atoms with E-state index >= 15 is 0 Å². The molecular formula is C13H14ClFO. The lowest BCUT2D eigenvalue weighted by atomic mass is 9.96. The van der Waals surface area contributed by atoms with Crippen molar-refractivity contribution in [1.29, 1.82) is 0 Å². The highest BCUT2D eigenvalue weighted by molar-refractivity contribution is 6.30. The Labute approximate surface area is 99.6 Å². The minimum atomic E-state index is -0.376. The van der Waals surface area contributed by atoms with Crippen molar-refractivity contribution < 1.29 is 9.18 Å². The first-order valence-electron chi connectivity index (χ1n) is 5.63. The van der Waals surface area contributed by atoms with E-state index in [1.165, 1.54) is 6.07 Å². The van der Waals surface area contributed by atoms with Crippen LogP contribution in [0, 0.1) is 11.7 Å². The second kappa shape index (κ2) is 4.96. The van der Waals surface area contributed by atoms with E-state index in [2.05, 4.69) is 0 Å². The number of benzene rings is 1. The molecular weight excluding hydrogens is 227 g/mol. The molecule has 1 aromatic carbocycles. The molecule has 1 aromatic rings. The van der Waals surface area contributed by atoms with Crippen molar-refractivity contribution in [2.75, 3.05) is 0 Å². The monoisotopic (exact) mass is 240 g/mol. The SMILES string of the molecule is O=C(Cc1ccc(Cl)cc1F)C1CCCC1. The van der Waals surface area contributed by atoms with Crippen LogP contribution in [0.1, 0.15) is 31.2 Å². The number of Topliss-reactive ketones (excluding diaryl/α,β-unsaturated/α-hetero) is 1. The average Bonchev–Trinajstić information content (AvgIpc) is 2.75. The van der Waals surface area contributed by atoms with Crippen LogP contribution in [-0.4, -0.2) is 5.78 Å². The van der Waals surface area contributed by atoms with Gasteiger partial charge in [-0.15, -0.1) is 0 Å². The van der Waals surface area contributed by atoms with Gasteiger partial charge in [0.25, 0.3) is 0 Å². The Morgan fingerprint density at radius 1 is 1.38 bits per heavy atom. The summed E-state index contributed by atoms with van der Waals surface area (Å²) in [5.74, 6) is -0.0624. The number of hydrogen-bond donors (Lipinski definition) is 0. The molecule has 0 bridgehead atoms. The van der Waals surface area contributed by atoms with Gasteiger partial charge in [-0.2, -0.15) is 0 Å². The molecule has 0 unspecified atom stereocenters. The summed E-state index contributed by atoms with van der Waals surface area (Å²) in [6.07, 6.45) is 4.38. The summed E-state index contributed by atoms with van der Waals surface area (Å²) in [5.41, 5.74) is 0.460. The summed E-state index contributed by atoms with van der Waals surface area (Å²) in [7, 11) is 0. The molecule has 0 saturated heterocycles. The third-order valence-electron chi connectivity index (χ3n) is 3.19. The second-order valence-corrected chi connectivity index (χ2v) is 4.80. The summed E-state index contributed by atoms with van der Waals surface area (Å²) in [6.45, 7) is 0. The molecule has 0 aromatic heterocycles. The van der Waals surface area contributed by atoms with E-state index in [4.69, 9.17) is 11.6 Å². The van der Waals surface area contributed by atoms with Gasteiger partial charge in [0.15, 0.2) is 0 Å². The Balaban J connectivity index is 2.05. The molecule has 0 spiro atoms. The molecule has 86 valence electrons. The zero-order valence-corrected chi connectivity index (χ0v) is 9.77. The van der Waals surface area contributed by atoms with Crippen molar-refractivity contribution in [3.63, 3.8) is 0 Å². The number of rotatable bonds is 3. The minimum absolute atomic E-state index is 0.148. The molecule has 1 fully saturated rings. The number of hydrogen-bond acceptors (Lipinski definition) is 1. The van der Waals surface area contributed by atoms with Crippen LogP contribution in [0.5, 0.6) is 0 Å². The van der Waals surface area contributed by atoms with Gasteiger partial charge >= 0.3 is 0 Å². The molecule has 0 atom stereocenters. The molecule has 1 saturated carbocycles. The number of ketones is 1. The van der Waals surface area contributed by atoms with Crippen molar-refractivity contribution >= 4 is 17.4 Å². The van der Waals surface area contributed by atoms with E-state index in [1.807, 2.05) is 0 Å². The molecule has 1 aliphatic carbocycles. The highest BCUT2D eigenvalue weighted by atomic mass is 35.5. The lowest BCUT2D eigenvalue weighted by Crippen LogP contribution is -2.14. The van der Waals surface area contributed by atoms with Crippen LogP contribution >= 0.6 is 11.6 Å². The third kappa shape index (κ3) is 2.62. The van der Waals surface area contributed by atoms with Gasteiger partial charge in [0.05, 0.1) is 0 Å². The Morgan fingerprint density at radius 2 is 2.06 bits per heavy atom. The first kappa shape index (κ1) is 11.6. The topological polar surface area (TPSA) is 17.1 Å². The van der Waals surface area contributed by atoms with Crippen LogP contribution in [0.3, 0.4) is 0 Å². The van der Waals surface area contributed by atoms with Crippen LogP contribution < -0.4 is 0 Å². The quantitative estimate of drug-likeness (QED) is 0.786. The second-order valence-electron chi connectivity index (χ2n) is 4.36. The molecule has 2 rings (SSSR count). The van der Waals surface area contributed by atoms with Crippen molar-refractivity contribution in [3.8, 4) is 0 Å². The minimum Gasteiger partial charge on any atom is -0.299 e. The van der Waals surface area contributed by atoms with Crippen LogP contribution in [0.4, 0.5) is 4.39 Å². The van der Waals surface area contributed by atoms with E-state index in [1.54, 1.807) is 12.1 Å². The molecule has 3 heteroatoms. The summed E-state index contributed by atoms with van der Waals surface area (Å²) in [6, 6.07) is 4.49. The van der Waals surface area contributed by atoms with Crippen LogP contribution in [0.2, 0.25) is 5.02 Å². The van der Waals surface area contributed by atoms with Crippen molar-refractivity contribution in [2.24, 2.45) is 5.92 Å². The number of carbonyl (C=O) groups excluding carboxylic acids is 1. The van der Waals surface area contributed by atoms with E-state index < -0.39 is 0 Å². The van der Waals surface area contributed by atoms with Crippen molar-refractivity contribution in [2.45, 2.75) is 32.1 Å². The molecule has 1 nitrogen and oxygen atoms in total. The van der Waals surface area contributed by atoms with Gasteiger partial charge in [0.2, 0.25) is 0 Å². The molecule has 0 radical (unpaired) electrons. The highest BCUT2D eigenvalue weighted by Gasteiger charge is 2.23. The van der Waals surface area contributed by atoms with Gasteiger partial charge < -0.3 is 0 Å². The maximum absolute atomic E-state index is 13.5. The zero-order chi connectivity index (χ0) is 11.5. The average molecular weight is 241 g/mol. The van der Waals surface area contributed by atoms with Gasteiger partial charge in [-0.05, 0) is 30.5 Å². The number of halogens is 2. The highest BCUT2D eigenvalue weighted by Crippen LogP contribution is 2.27. The maximum atomic E-state index is 13.5. The van der Waals surface area contributed by atoms with Crippen molar-refractivity contribution in [1.82, 2.24) is 0 Å². The summed E-state index contributed by atoms with van der Waals surface area (Å²) in [5, 5.41) is 0.370. The van der Waals surface area contributed by atoms with Gasteiger partial charge in [-0.25, -0.2) is 4.39 Å². The van der Waals surface area contributed by atoms with E-state index in [-0.39, 0.29) is 23.9 Å². The van der Waals surface area contributed by atoms with E-state index in [0.29, 0.717) is 10.6 Å². The standard InChI is InChI=1S/C13H14ClFO/c14-11-6-5-10(12(15)8-11)7-13(16)9-3-1-2-4-9/h5-6,8-9H,1-4,7H2. The first-order chi connectivity index (χ1) is 7.66. The smallest absolute Gasteiger partial charge is 0.140 e. The first-order valence-corrected chi connectivity index (χ1v) is 6.01. The van der Waals surface area contributed by atoms with Gasteiger partial charge in [-0.1, -0.05) is 30.5 Å². The predicted molar refractivity (Wildman–Crippen MR) is 62.1 cm³/mol. The van der Waals surface area contributed by atoms with Crippen molar-refractivity contribution in [3.05, 3.63) is 34.6 Å². The Bertz CT molecular complexity index is 397. The Kier molecular flexibility index (Phi) is 3.59. The zero-order valence-electron chi connectivity index (χ0n) is 9.01. The van der Waals surface area contributed by atoms with Gasteiger partial charge in [0, 0.05) is 17.4 Å². The molecule has 0 aliphatic heterocycles. The van der Waals surface area contributed by atoms with E-state index in [9.17, 15) is 9.18 Å². The fourth-order valence-electron chi connectivity index (χ4n) is 2.24.